The summed E-state index contributed by atoms with van der Waals surface area (Å²) in [5, 5.41) is 0. The first kappa shape index (κ1) is 14.6. The fourth-order valence-corrected chi connectivity index (χ4v) is 1.30. The van der Waals surface area contributed by atoms with Gasteiger partial charge in [-0.15, -0.1) is 0 Å². The number of nitrogens with two attached hydrogens (primary N) is 1. The van der Waals surface area contributed by atoms with Crippen molar-refractivity contribution >= 4 is 0 Å². The summed E-state index contributed by atoms with van der Waals surface area (Å²) in [6.07, 6.45) is 1.43. The first-order chi connectivity index (χ1) is 7.19. The van der Waals surface area contributed by atoms with Crippen LogP contribution >= 0.6 is 0 Å². The van der Waals surface area contributed by atoms with E-state index in [-0.39, 0.29) is 12.3 Å². The fourth-order valence-electron chi connectivity index (χ4n) is 1.30. The molecule has 0 aliphatic heterocycles. The van der Waals surface area contributed by atoms with E-state index < -0.39 is 0 Å². The van der Waals surface area contributed by atoms with Gasteiger partial charge in [0.05, 0.1) is 6.04 Å². The average molecular weight is 216 g/mol. The molecule has 0 amide bonds. The average Bonchev–Trinajstić information content (AvgIpc) is 2.25. The third-order valence-corrected chi connectivity index (χ3v) is 2.21. The van der Waals surface area contributed by atoms with Crippen molar-refractivity contribution in [2.45, 2.75) is 45.9 Å². The standard InChI is InChI=1S/C11H24N2O2/c1-5-9(4)8-10(13-12)11(14-6-2)15-7-3/h10-11,13H,4-8,12H2,1-3H3. The smallest absolute Gasteiger partial charge is 0.174 e. The molecule has 15 heavy (non-hydrogen) atoms. The lowest BCUT2D eigenvalue weighted by molar-refractivity contribution is -0.153. The van der Waals surface area contributed by atoms with Crippen molar-refractivity contribution < 1.29 is 9.47 Å². The van der Waals surface area contributed by atoms with Crippen molar-refractivity contribution in [3.63, 3.8) is 0 Å². The van der Waals surface area contributed by atoms with E-state index in [1.54, 1.807) is 0 Å². The number of ether oxygens (including phenoxy) is 2. The Bertz CT molecular complexity index is 168. The van der Waals surface area contributed by atoms with E-state index in [2.05, 4.69) is 18.9 Å². The van der Waals surface area contributed by atoms with Gasteiger partial charge in [0.25, 0.3) is 0 Å². The van der Waals surface area contributed by atoms with Gasteiger partial charge < -0.3 is 9.47 Å². The van der Waals surface area contributed by atoms with Crippen molar-refractivity contribution in [1.82, 2.24) is 5.43 Å². The first-order valence-electron chi connectivity index (χ1n) is 5.55. The second-order valence-corrected chi connectivity index (χ2v) is 3.36. The summed E-state index contributed by atoms with van der Waals surface area (Å²) < 4.78 is 10.9. The summed E-state index contributed by atoms with van der Waals surface area (Å²) in [4.78, 5) is 0. The van der Waals surface area contributed by atoms with Crippen molar-refractivity contribution in [2.24, 2.45) is 5.84 Å². The summed E-state index contributed by atoms with van der Waals surface area (Å²) in [6.45, 7) is 11.1. The zero-order valence-electron chi connectivity index (χ0n) is 10.1. The quantitative estimate of drug-likeness (QED) is 0.266. The zero-order valence-corrected chi connectivity index (χ0v) is 10.1. The van der Waals surface area contributed by atoms with Crippen LogP contribution in [0.5, 0.6) is 0 Å². The largest absolute Gasteiger partial charge is 0.351 e. The zero-order chi connectivity index (χ0) is 11.7. The predicted molar refractivity (Wildman–Crippen MR) is 62.2 cm³/mol. The molecule has 0 rings (SSSR count). The molecule has 0 aromatic carbocycles. The lowest BCUT2D eigenvalue weighted by Gasteiger charge is -2.26. The monoisotopic (exact) mass is 216 g/mol. The van der Waals surface area contributed by atoms with E-state index in [0.29, 0.717) is 13.2 Å². The van der Waals surface area contributed by atoms with Crippen molar-refractivity contribution in [3.05, 3.63) is 12.2 Å². The second kappa shape index (κ2) is 8.85. The molecule has 90 valence electrons. The highest BCUT2D eigenvalue weighted by atomic mass is 16.7. The van der Waals surface area contributed by atoms with E-state index in [9.17, 15) is 0 Å². The summed E-state index contributed by atoms with van der Waals surface area (Å²) in [7, 11) is 0. The van der Waals surface area contributed by atoms with Gasteiger partial charge in [0.1, 0.15) is 0 Å². The van der Waals surface area contributed by atoms with Crippen LogP contribution in [0.15, 0.2) is 12.2 Å². The Labute approximate surface area is 92.8 Å². The normalized spacial score (nSPS) is 13.1. The summed E-state index contributed by atoms with van der Waals surface area (Å²) in [5.74, 6) is 5.49. The SMILES string of the molecule is C=C(CC)CC(NN)C(OCC)OCC. The van der Waals surface area contributed by atoms with Crippen LogP contribution in [0.2, 0.25) is 0 Å². The number of hydrogen-bond acceptors (Lipinski definition) is 4. The van der Waals surface area contributed by atoms with Crippen LogP contribution in [0, 0.1) is 0 Å². The van der Waals surface area contributed by atoms with Crippen molar-refractivity contribution in [1.29, 1.82) is 0 Å². The molecular formula is C11H24N2O2. The highest BCUT2D eigenvalue weighted by Gasteiger charge is 2.21. The summed E-state index contributed by atoms with van der Waals surface area (Å²) in [5.41, 5.74) is 3.87. The predicted octanol–water partition coefficient (Wildman–Crippen LogP) is 1.57. The van der Waals surface area contributed by atoms with Gasteiger partial charge in [-0.1, -0.05) is 19.1 Å². The number of nitrogens with one attached hydrogen (secondary N) is 1. The topological polar surface area (TPSA) is 56.5 Å². The molecule has 1 unspecified atom stereocenters. The van der Waals surface area contributed by atoms with Gasteiger partial charge >= 0.3 is 0 Å². The van der Waals surface area contributed by atoms with Crippen LogP contribution in [-0.2, 0) is 9.47 Å². The Morgan fingerprint density at radius 3 is 2.13 bits per heavy atom. The lowest BCUT2D eigenvalue weighted by Crippen LogP contribution is -2.46. The van der Waals surface area contributed by atoms with E-state index in [0.717, 1.165) is 18.4 Å². The molecule has 4 nitrogen and oxygen atoms in total. The van der Waals surface area contributed by atoms with Gasteiger partial charge in [0.15, 0.2) is 6.29 Å². The number of rotatable bonds is 9. The Morgan fingerprint density at radius 1 is 1.27 bits per heavy atom. The molecule has 4 heteroatoms. The molecule has 0 aliphatic carbocycles. The third kappa shape index (κ3) is 5.89. The van der Waals surface area contributed by atoms with E-state index in [1.807, 2.05) is 13.8 Å². The molecule has 0 fully saturated rings. The molecular weight excluding hydrogens is 192 g/mol. The number of hydrazine groups is 1. The summed E-state index contributed by atoms with van der Waals surface area (Å²) in [6, 6.07) is -0.0302. The first-order valence-corrected chi connectivity index (χ1v) is 5.55. The second-order valence-electron chi connectivity index (χ2n) is 3.36. The van der Waals surface area contributed by atoms with Crippen LogP contribution in [0.25, 0.3) is 0 Å². The maximum absolute atomic E-state index is 5.49. The summed E-state index contributed by atoms with van der Waals surface area (Å²) >= 11 is 0. The molecule has 0 bridgehead atoms. The van der Waals surface area contributed by atoms with Crippen molar-refractivity contribution in [3.8, 4) is 0 Å². The molecule has 0 aromatic rings. The molecule has 3 N–H and O–H groups in total. The van der Waals surface area contributed by atoms with Crippen LogP contribution in [0.4, 0.5) is 0 Å². The van der Waals surface area contributed by atoms with Crippen LogP contribution in [0.3, 0.4) is 0 Å². The Kier molecular flexibility index (Phi) is 8.61. The molecule has 0 aromatic heterocycles. The van der Waals surface area contributed by atoms with Crippen LogP contribution < -0.4 is 11.3 Å². The fraction of sp³-hybridized carbons (Fsp3) is 0.818. The van der Waals surface area contributed by atoms with Crippen LogP contribution in [-0.4, -0.2) is 25.5 Å². The van der Waals surface area contributed by atoms with Crippen LogP contribution in [0.1, 0.15) is 33.6 Å². The lowest BCUT2D eigenvalue weighted by atomic mass is 10.1. The Balaban J connectivity index is 4.23. The van der Waals surface area contributed by atoms with E-state index in [4.69, 9.17) is 15.3 Å². The maximum atomic E-state index is 5.49. The highest BCUT2D eigenvalue weighted by molar-refractivity contribution is 4.97. The van der Waals surface area contributed by atoms with Crippen molar-refractivity contribution in [2.75, 3.05) is 13.2 Å². The minimum Gasteiger partial charge on any atom is -0.351 e. The minimum absolute atomic E-state index is 0.0302. The minimum atomic E-state index is -0.298. The van der Waals surface area contributed by atoms with E-state index in [1.165, 1.54) is 0 Å². The molecule has 0 heterocycles. The molecule has 0 radical (unpaired) electrons. The van der Waals surface area contributed by atoms with E-state index >= 15 is 0 Å². The molecule has 1 atom stereocenters. The Morgan fingerprint density at radius 2 is 1.80 bits per heavy atom. The van der Waals surface area contributed by atoms with Gasteiger partial charge in [0, 0.05) is 13.2 Å². The Hall–Kier alpha value is -0.420. The van der Waals surface area contributed by atoms with Gasteiger partial charge in [0.2, 0.25) is 0 Å². The molecule has 0 aliphatic rings. The van der Waals surface area contributed by atoms with Gasteiger partial charge in [-0.05, 0) is 26.7 Å². The molecule has 0 saturated carbocycles. The molecule has 0 spiro atoms. The van der Waals surface area contributed by atoms with Gasteiger partial charge in [-0.3, -0.25) is 11.3 Å². The van der Waals surface area contributed by atoms with Gasteiger partial charge in [-0.25, -0.2) is 0 Å². The highest BCUT2D eigenvalue weighted by Crippen LogP contribution is 2.12. The molecule has 0 saturated heterocycles. The van der Waals surface area contributed by atoms with Gasteiger partial charge in [-0.2, -0.15) is 0 Å². The third-order valence-electron chi connectivity index (χ3n) is 2.21. The number of hydrogen-bond donors (Lipinski definition) is 2. The maximum Gasteiger partial charge on any atom is 0.174 e.